The van der Waals surface area contributed by atoms with Crippen LogP contribution in [0.1, 0.15) is 60.5 Å². The quantitative estimate of drug-likeness (QED) is 0.683. The van der Waals surface area contributed by atoms with E-state index in [1.807, 2.05) is 26.0 Å². The van der Waals surface area contributed by atoms with E-state index in [9.17, 15) is 9.59 Å². The van der Waals surface area contributed by atoms with Crippen molar-refractivity contribution in [3.63, 3.8) is 0 Å². The maximum Gasteiger partial charge on any atom is 0.338 e. The predicted molar refractivity (Wildman–Crippen MR) is 113 cm³/mol. The largest absolute Gasteiger partial charge is 0.481 e. The Labute approximate surface area is 172 Å². The number of aryl methyl sites for hydroxylation is 2. The summed E-state index contributed by atoms with van der Waals surface area (Å²) in [4.78, 5) is 24.7. The summed E-state index contributed by atoms with van der Waals surface area (Å²) < 4.78 is 11.3. The molecule has 0 spiro atoms. The lowest BCUT2D eigenvalue weighted by molar-refractivity contribution is -0.122. The monoisotopic (exact) mass is 395 g/mol. The Morgan fingerprint density at radius 1 is 0.966 bits per heavy atom. The van der Waals surface area contributed by atoms with Crippen molar-refractivity contribution in [2.45, 2.75) is 65.1 Å². The van der Waals surface area contributed by atoms with Crippen molar-refractivity contribution in [1.29, 1.82) is 0 Å². The second-order valence-electron chi connectivity index (χ2n) is 7.82. The van der Waals surface area contributed by atoms with Gasteiger partial charge in [0.15, 0.2) is 6.10 Å². The summed E-state index contributed by atoms with van der Waals surface area (Å²) in [5.74, 6) is 0.119. The van der Waals surface area contributed by atoms with Gasteiger partial charge >= 0.3 is 5.97 Å². The number of amides is 1. The van der Waals surface area contributed by atoms with Crippen LogP contribution in [0.4, 0.5) is 5.69 Å². The maximum atomic E-state index is 12.4. The lowest BCUT2D eigenvalue weighted by Crippen LogP contribution is -2.30. The highest BCUT2D eigenvalue weighted by Crippen LogP contribution is 2.22. The molecule has 2 aromatic rings. The Morgan fingerprint density at radius 3 is 2.21 bits per heavy atom. The molecule has 1 unspecified atom stereocenters. The first-order valence-corrected chi connectivity index (χ1v) is 10.3. The van der Waals surface area contributed by atoms with Gasteiger partial charge < -0.3 is 14.8 Å². The summed E-state index contributed by atoms with van der Waals surface area (Å²) in [5.41, 5.74) is 3.28. The standard InChI is InChI=1S/C24H29NO4/c1-16-13-17(2)15-22(14-16)28-18(3)23(26)25-20-11-9-19(10-12-20)24(27)29-21-7-5-4-6-8-21/h9-15,18,21H,4-8H2,1-3H3,(H,25,26). The van der Waals surface area contributed by atoms with Gasteiger partial charge in [-0.1, -0.05) is 12.5 Å². The van der Waals surface area contributed by atoms with E-state index in [-0.39, 0.29) is 18.0 Å². The van der Waals surface area contributed by atoms with Gasteiger partial charge in [-0.25, -0.2) is 4.79 Å². The smallest absolute Gasteiger partial charge is 0.338 e. The molecule has 3 rings (SSSR count). The van der Waals surface area contributed by atoms with E-state index in [0.717, 1.165) is 36.8 Å². The highest BCUT2D eigenvalue weighted by atomic mass is 16.5. The molecule has 0 heterocycles. The fourth-order valence-corrected chi connectivity index (χ4v) is 3.59. The lowest BCUT2D eigenvalue weighted by Gasteiger charge is -2.21. The Bertz CT molecular complexity index is 833. The third kappa shape index (κ3) is 6.08. The van der Waals surface area contributed by atoms with Crippen molar-refractivity contribution in [1.82, 2.24) is 0 Å². The summed E-state index contributed by atoms with van der Waals surface area (Å²) in [6, 6.07) is 12.6. The molecule has 0 radical (unpaired) electrons. The topological polar surface area (TPSA) is 64.6 Å². The summed E-state index contributed by atoms with van der Waals surface area (Å²) in [7, 11) is 0. The lowest BCUT2D eigenvalue weighted by atomic mass is 9.98. The van der Waals surface area contributed by atoms with E-state index in [0.29, 0.717) is 17.0 Å². The minimum atomic E-state index is -0.646. The van der Waals surface area contributed by atoms with Crippen LogP contribution in [0.25, 0.3) is 0 Å². The molecule has 29 heavy (non-hydrogen) atoms. The Balaban J connectivity index is 1.54. The zero-order valence-corrected chi connectivity index (χ0v) is 17.4. The van der Waals surface area contributed by atoms with Crippen molar-refractivity contribution in [3.05, 3.63) is 59.2 Å². The fraction of sp³-hybridized carbons (Fsp3) is 0.417. The van der Waals surface area contributed by atoms with Gasteiger partial charge in [0.05, 0.1) is 5.56 Å². The fourth-order valence-electron chi connectivity index (χ4n) is 3.59. The minimum Gasteiger partial charge on any atom is -0.481 e. The summed E-state index contributed by atoms with van der Waals surface area (Å²) in [6.07, 6.45) is 4.72. The van der Waals surface area contributed by atoms with Crippen molar-refractivity contribution >= 4 is 17.6 Å². The number of benzene rings is 2. The molecular weight excluding hydrogens is 366 g/mol. The van der Waals surface area contributed by atoms with Crippen LogP contribution in [-0.4, -0.2) is 24.1 Å². The Morgan fingerprint density at radius 2 is 1.59 bits per heavy atom. The summed E-state index contributed by atoms with van der Waals surface area (Å²) >= 11 is 0. The first-order valence-electron chi connectivity index (χ1n) is 10.3. The first kappa shape index (κ1) is 20.9. The number of nitrogens with one attached hydrogen (secondary N) is 1. The third-order valence-electron chi connectivity index (χ3n) is 5.09. The van der Waals surface area contributed by atoms with E-state index in [1.54, 1.807) is 31.2 Å². The SMILES string of the molecule is Cc1cc(C)cc(OC(C)C(=O)Nc2ccc(C(=O)OC3CCCCC3)cc2)c1. The minimum absolute atomic E-state index is 0.0267. The van der Waals surface area contributed by atoms with E-state index in [1.165, 1.54) is 6.42 Å². The predicted octanol–water partition coefficient (Wildman–Crippen LogP) is 5.20. The molecule has 1 fully saturated rings. The molecule has 5 nitrogen and oxygen atoms in total. The molecule has 154 valence electrons. The highest BCUT2D eigenvalue weighted by Gasteiger charge is 2.19. The zero-order chi connectivity index (χ0) is 20.8. The molecule has 1 saturated carbocycles. The number of hydrogen-bond donors (Lipinski definition) is 1. The average Bonchev–Trinajstić information content (AvgIpc) is 2.68. The van der Waals surface area contributed by atoms with Gasteiger partial charge in [0.25, 0.3) is 5.91 Å². The molecule has 1 aliphatic rings. The van der Waals surface area contributed by atoms with Gasteiger partial charge in [-0.05, 0) is 94.0 Å². The molecule has 0 saturated heterocycles. The molecule has 1 aliphatic carbocycles. The second kappa shape index (κ2) is 9.59. The zero-order valence-electron chi connectivity index (χ0n) is 17.4. The molecule has 2 aromatic carbocycles. The van der Waals surface area contributed by atoms with Crippen LogP contribution in [0.15, 0.2) is 42.5 Å². The van der Waals surface area contributed by atoms with Crippen LogP contribution in [-0.2, 0) is 9.53 Å². The molecule has 1 amide bonds. The number of ether oxygens (including phenoxy) is 2. The molecular formula is C24H29NO4. The second-order valence-corrected chi connectivity index (χ2v) is 7.82. The van der Waals surface area contributed by atoms with Crippen LogP contribution in [0.5, 0.6) is 5.75 Å². The van der Waals surface area contributed by atoms with Gasteiger partial charge in [0.2, 0.25) is 0 Å². The number of carbonyl (C=O) groups excluding carboxylic acids is 2. The van der Waals surface area contributed by atoms with Crippen molar-refractivity contribution in [3.8, 4) is 5.75 Å². The third-order valence-corrected chi connectivity index (χ3v) is 5.09. The van der Waals surface area contributed by atoms with Crippen LogP contribution < -0.4 is 10.1 Å². The molecule has 0 bridgehead atoms. The number of anilines is 1. The van der Waals surface area contributed by atoms with Gasteiger partial charge in [-0.15, -0.1) is 0 Å². The van der Waals surface area contributed by atoms with Crippen LogP contribution in [0, 0.1) is 13.8 Å². The average molecular weight is 395 g/mol. The van der Waals surface area contributed by atoms with Crippen LogP contribution in [0.3, 0.4) is 0 Å². The van der Waals surface area contributed by atoms with E-state index in [2.05, 4.69) is 11.4 Å². The van der Waals surface area contributed by atoms with E-state index in [4.69, 9.17) is 9.47 Å². The summed E-state index contributed by atoms with van der Waals surface area (Å²) in [6.45, 7) is 5.69. The molecule has 0 aliphatic heterocycles. The first-order chi connectivity index (χ1) is 13.9. The van der Waals surface area contributed by atoms with E-state index >= 15 is 0 Å². The molecule has 1 N–H and O–H groups in total. The molecule has 5 heteroatoms. The number of carbonyl (C=O) groups is 2. The normalized spacial score (nSPS) is 15.4. The van der Waals surface area contributed by atoms with Gasteiger partial charge in [-0.2, -0.15) is 0 Å². The van der Waals surface area contributed by atoms with Gasteiger partial charge in [-0.3, -0.25) is 4.79 Å². The van der Waals surface area contributed by atoms with Crippen LogP contribution >= 0.6 is 0 Å². The number of rotatable bonds is 6. The Kier molecular flexibility index (Phi) is 6.91. The van der Waals surface area contributed by atoms with E-state index < -0.39 is 6.10 Å². The van der Waals surface area contributed by atoms with Gasteiger partial charge in [0, 0.05) is 5.69 Å². The van der Waals surface area contributed by atoms with Crippen molar-refractivity contribution in [2.24, 2.45) is 0 Å². The number of esters is 1. The van der Waals surface area contributed by atoms with Gasteiger partial charge in [0.1, 0.15) is 11.9 Å². The van der Waals surface area contributed by atoms with Crippen molar-refractivity contribution in [2.75, 3.05) is 5.32 Å². The van der Waals surface area contributed by atoms with Crippen molar-refractivity contribution < 1.29 is 19.1 Å². The summed E-state index contributed by atoms with van der Waals surface area (Å²) in [5, 5.41) is 2.82. The number of hydrogen-bond acceptors (Lipinski definition) is 4. The molecule has 0 aromatic heterocycles. The van der Waals surface area contributed by atoms with Crippen LogP contribution in [0.2, 0.25) is 0 Å². The Hall–Kier alpha value is -2.82. The molecule has 1 atom stereocenters. The maximum absolute atomic E-state index is 12.4. The highest BCUT2D eigenvalue weighted by molar-refractivity contribution is 5.95.